The smallest absolute Gasteiger partial charge is 0.220 e. The highest BCUT2D eigenvalue weighted by atomic mass is 16.6. The first-order valence-corrected chi connectivity index (χ1v) is 9.03. The average molecular weight is 355 g/mol. The molecule has 138 valence electrons. The van der Waals surface area contributed by atoms with Gasteiger partial charge in [-0.2, -0.15) is 0 Å². The number of amides is 1. The highest BCUT2D eigenvalue weighted by Crippen LogP contribution is 2.31. The molecule has 1 N–H and O–H groups in total. The molecule has 2 aromatic rings. The van der Waals surface area contributed by atoms with E-state index in [-0.39, 0.29) is 5.91 Å². The van der Waals surface area contributed by atoms with Crippen LogP contribution in [0.2, 0.25) is 0 Å². The van der Waals surface area contributed by atoms with Gasteiger partial charge in [0.1, 0.15) is 19.0 Å². The van der Waals surface area contributed by atoms with E-state index in [9.17, 15) is 4.79 Å². The summed E-state index contributed by atoms with van der Waals surface area (Å²) in [6, 6.07) is 13.9. The SMILES string of the molecule is COc1cccc(CCNC(=O)CCCc2ccc3c(c2)OCCO3)c1. The third kappa shape index (κ3) is 5.15. The van der Waals surface area contributed by atoms with Gasteiger partial charge in [0, 0.05) is 13.0 Å². The van der Waals surface area contributed by atoms with Crippen LogP contribution in [0, 0.1) is 0 Å². The second-order valence-corrected chi connectivity index (χ2v) is 6.28. The Labute approximate surface area is 154 Å². The topological polar surface area (TPSA) is 56.8 Å². The number of hydrogen-bond donors (Lipinski definition) is 1. The van der Waals surface area contributed by atoms with Crippen LogP contribution in [0.5, 0.6) is 17.2 Å². The molecule has 3 rings (SSSR count). The van der Waals surface area contributed by atoms with Gasteiger partial charge in [-0.05, 0) is 54.7 Å². The summed E-state index contributed by atoms with van der Waals surface area (Å²) < 4.78 is 16.3. The number of carbonyl (C=O) groups excluding carboxylic acids is 1. The van der Waals surface area contributed by atoms with Crippen LogP contribution >= 0.6 is 0 Å². The molecule has 5 heteroatoms. The maximum atomic E-state index is 12.0. The summed E-state index contributed by atoms with van der Waals surface area (Å²) in [6.07, 6.45) is 2.97. The van der Waals surface area contributed by atoms with Crippen molar-refractivity contribution in [2.24, 2.45) is 0 Å². The Bertz CT molecular complexity index is 745. The predicted octanol–water partition coefficient (Wildman–Crippen LogP) is 3.15. The number of ether oxygens (including phenoxy) is 3. The van der Waals surface area contributed by atoms with Crippen LogP contribution in [-0.4, -0.2) is 32.8 Å². The molecule has 0 atom stereocenters. The first-order valence-electron chi connectivity index (χ1n) is 9.03. The lowest BCUT2D eigenvalue weighted by Gasteiger charge is -2.18. The summed E-state index contributed by atoms with van der Waals surface area (Å²) in [6.45, 7) is 1.82. The van der Waals surface area contributed by atoms with Crippen molar-refractivity contribution >= 4 is 5.91 Å². The van der Waals surface area contributed by atoms with Crippen molar-refractivity contribution in [1.82, 2.24) is 5.32 Å². The molecule has 1 heterocycles. The molecule has 0 fully saturated rings. The second kappa shape index (κ2) is 9.13. The molecule has 0 radical (unpaired) electrons. The lowest BCUT2D eigenvalue weighted by Crippen LogP contribution is -2.25. The largest absolute Gasteiger partial charge is 0.497 e. The molecule has 0 unspecified atom stereocenters. The number of methoxy groups -OCH3 is 1. The Morgan fingerprint density at radius 2 is 1.85 bits per heavy atom. The van der Waals surface area contributed by atoms with Crippen molar-refractivity contribution in [2.45, 2.75) is 25.7 Å². The fourth-order valence-electron chi connectivity index (χ4n) is 2.96. The summed E-state index contributed by atoms with van der Waals surface area (Å²) in [5.74, 6) is 2.53. The molecule has 26 heavy (non-hydrogen) atoms. The lowest BCUT2D eigenvalue weighted by atomic mass is 10.1. The normalized spacial score (nSPS) is 12.5. The maximum absolute atomic E-state index is 12.0. The second-order valence-electron chi connectivity index (χ2n) is 6.28. The minimum absolute atomic E-state index is 0.0884. The van der Waals surface area contributed by atoms with Gasteiger partial charge in [-0.15, -0.1) is 0 Å². The monoisotopic (exact) mass is 355 g/mol. The van der Waals surface area contributed by atoms with Crippen LogP contribution in [0.3, 0.4) is 0 Å². The lowest BCUT2D eigenvalue weighted by molar-refractivity contribution is -0.121. The molecule has 0 aliphatic carbocycles. The van der Waals surface area contributed by atoms with Crippen molar-refractivity contribution in [3.63, 3.8) is 0 Å². The van der Waals surface area contributed by atoms with Crippen LogP contribution in [0.4, 0.5) is 0 Å². The Balaban J connectivity index is 1.36. The minimum Gasteiger partial charge on any atom is -0.497 e. The summed E-state index contributed by atoms with van der Waals surface area (Å²) in [7, 11) is 1.66. The molecule has 1 amide bonds. The van der Waals surface area contributed by atoms with Gasteiger partial charge in [0.05, 0.1) is 7.11 Å². The van der Waals surface area contributed by atoms with Crippen molar-refractivity contribution in [2.75, 3.05) is 26.9 Å². The Morgan fingerprint density at radius 3 is 2.69 bits per heavy atom. The van der Waals surface area contributed by atoms with Gasteiger partial charge in [-0.1, -0.05) is 18.2 Å². The summed E-state index contributed by atoms with van der Waals surface area (Å²) in [4.78, 5) is 12.0. The van der Waals surface area contributed by atoms with Gasteiger partial charge >= 0.3 is 0 Å². The maximum Gasteiger partial charge on any atom is 0.220 e. The quantitative estimate of drug-likeness (QED) is 0.790. The molecule has 1 aliphatic heterocycles. The molecule has 0 saturated heterocycles. The molecular weight excluding hydrogens is 330 g/mol. The molecule has 0 saturated carbocycles. The Hall–Kier alpha value is -2.69. The first-order chi connectivity index (χ1) is 12.7. The number of benzene rings is 2. The molecule has 1 aliphatic rings. The van der Waals surface area contributed by atoms with Crippen LogP contribution in [0.1, 0.15) is 24.0 Å². The first kappa shape index (κ1) is 18.1. The summed E-state index contributed by atoms with van der Waals surface area (Å²) in [5, 5.41) is 2.98. The Kier molecular flexibility index (Phi) is 6.36. The van der Waals surface area contributed by atoms with Crippen molar-refractivity contribution in [1.29, 1.82) is 0 Å². The predicted molar refractivity (Wildman–Crippen MR) is 100 cm³/mol. The van der Waals surface area contributed by atoms with E-state index < -0.39 is 0 Å². The zero-order valence-corrected chi connectivity index (χ0v) is 15.1. The van der Waals surface area contributed by atoms with Gasteiger partial charge in [0.25, 0.3) is 0 Å². The van der Waals surface area contributed by atoms with Crippen LogP contribution in [0.15, 0.2) is 42.5 Å². The Morgan fingerprint density at radius 1 is 1.04 bits per heavy atom. The zero-order valence-electron chi connectivity index (χ0n) is 15.1. The van der Waals surface area contributed by atoms with Gasteiger partial charge in [-0.25, -0.2) is 0 Å². The molecule has 0 bridgehead atoms. The fraction of sp³-hybridized carbons (Fsp3) is 0.381. The van der Waals surface area contributed by atoms with E-state index in [1.807, 2.05) is 42.5 Å². The van der Waals surface area contributed by atoms with E-state index in [4.69, 9.17) is 14.2 Å². The van der Waals surface area contributed by atoms with Crippen molar-refractivity contribution in [3.8, 4) is 17.2 Å². The van der Waals surface area contributed by atoms with Crippen LogP contribution < -0.4 is 19.5 Å². The minimum atomic E-state index is 0.0884. The van der Waals surface area contributed by atoms with Gasteiger partial charge in [-0.3, -0.25) is 4.79 Å². The summed E-state index contributed by atoms with van der Waals surface area (Å²) in [5.41, 5.74) is 2.32. The number of nitrogens with one attached hydrogen (secondary N) is 1. The van der Waals surface area contributed by atoms with E-state index in [1.54, 1.807) is 7.11 Å². The highest BCUT2D eigenvalue weighted by molar-refractivity contribution is 5.75. The molecule has 5 nitrogen and oxygen atoms in total. The number of rotatable bonds is 8. The van der Waals surface area contributed by atoms with E-state index in [2.05, 4.69) is 5.32 Å². The number of carbonyl (C=O) groups is 1. The average Bonchev–Trinajstić information content (AvgIpc) is 2.68. The van der Waals surface area contributed by atoms with Crippen molar-refractivity contribution in [3.05, 3.63) is 53.6 Å². The van der Waals surface area contributed by atoms with Crippen LogP contribution in [-0.2, 0) is 17.6 Å². The van der Waals surface area contributed by atoms with Gasteiger partial charge in [0.15, 0.2) is 11.5 Å². The number of hydrogen-bond acceptors (Lipinski definition) is 4. The zero-order chi connectivity index (χ0) is 18.2. The van der Waals surface area contributed by atoms with Gasteiger partial charge < -0.3 is 19.5 Å². The molecule has 0 aromatic heterocycles. The molecule has 2 aromatic carbocycles. The number of aryl methyl sites for hydroxylation is 1. The van der Waals surface area contributed by atoms with Gasteiger partial charge in [0.2, 0.25) is 5.91 Å². The van der Waals surface area contributed by atoms with E-state index >= 15 is 0 Å². The highest BCUT2D eigenvalue weighted by Gasteiger charge is 2.11. The third-order valence-electron chi connectivity index (χ3n) is 4.35. The van der Waals surface area contributed by atoms with E-state index in [0.29, 0.717) is 26.2 Å². The standard InChI is InChI=1S/C21H25NO4/c1-24-18-6-2-4-17(14-18)10-11-22-21(23)7-3-5-16-8-9-19-20(15-16)26-13-12-25-19/h2,4,6,8-9,14-15H,3,5,7,10-13H2,1H3,(H,22,23). The fourth-order valence-corrected chi connectivity index (χ4v) is 2.96. The summed E-state index contributed by atoms with van der Waals surface area (Å²) >= 11 is 0. The van der Waals surface area contributed by atoms with E-state index in [0.717, 1.165) is 42.1 Å². The molecule has 0 spiro atoms. The third-order valence-corrected chi connectivity index (χ3v) is 4.35. The van der Waals surface area contributed by atoms with Crippen molar-refractivity contribution < 1.29 is 19.0 Å². The number of fused-ring (bicyclic) bond motifs is 1. The molecular formula is C21H25NO4. The van der Waals surface area contributed by atoms with E-state index in [1.165, 1.54) is 5.56 Å². The van der Waals surface area contributed by atoms with Crippen LogP contribution in [0.25, 0.3) is 0 Å².